The van der Waals surface area contributed by atoms with Gasteiger partial charge in [0.15, 0.2) is 0 Å². The van der Waals surface area contributed by atoms with Crippen LogP contribution in [0.4, 0.5) is 11.4 Å². The summed E-state index contributed by atoms with van der Waals surface area (Å²) in [5.41, 5.74) is -0.00626. The molecule has 0 unspecified atom stereocenters. The van der Waals surface area contributed by atoms with E-state index < -0.39 is 16.7 Å². The molecule has 9 heteroatoms. The number of rotatable bonds is 6. The van der Waals surface area contributed by atoms with Crippen molar-refractivity contribution in [1.82, 2.24) is 10.2 Å². The maximum atomic E-state index is 12.0. The Bertz CT molecular complexity index is 758. The summed E-state index contributed by atoms with van der Waals surface area (Å²) >= 11 is 0. The van der Waals surface area contributed by atoms with Gasteiger partial charge in [0.25, 0.3) is 5.69 Å². The molecule has 25 heavy (non-hydrogen) atoms. The number of benzene rings is 1. The number of nitro benzene ring substituents is 1. The van der Waals surface area contributed by atoms with Crippen molar-refractivity contribution in [3.63, 3.8) is 0 Å². The molecule has 1 atom stereocenters. The number of nitro groups is 1. The van der Waals surface area contributed by atoms with Crippen LogP contribution in [0.15, 0.2) is 47.1 Å². The van der Waals surface area contributed by atoms with Crippen molar-refractivity contribution < 1.29 is 18.9 Å². The Hall–Kier alpha value is -3.20. The van der Waals surface area contributed by atoms with Crippen molar-refractivity contribution in [3.05, 3.63) is 58.5 Å². The summed E-state index contributed by atoms with van der Waals surface area (Å²) in [5, 5.41) is 15.6. The van der Waals surface area contributed by atoms with Crippen molar-refractivity contribution in [2.45, 2.75) is 6.04 Å². The summed E-state index contributed by atoms with van der Waals surface area (Å²) in [6, 6.07) is 8.64. The van der Waals surface area contributed by atoms with Gasteiger partial charge in [-0.3, -0.25) is 24.6 Å². The quantitative estimate of drug-likeness (QED) is 0.465. The fourth-order valence-electron chi connectivity index (χ4n) is 2.17. The fraction of sp³-hybridized carbons (Fsp3) is 0.250. The number of non-ortho nitro benzene ring substituents is 1. The zero-order valence-electron chi connectivity index (χ0n) is 13.8. The molecule has 0 radical (unpaired) electrons. The van der Waals surface area contributed by atoms with Crippen LogP contribution in [0.3, 0.4) is 0 Å². The number of carbonyl (C=O) groups excluding carboxylic acids is 2. The molecule has 1 aromatic heterocycles. The van der Waals surface area contributed by atoms with E-state index in [0.717, 1.165) is 0 Å². The summed E-state index contributed by atoms with van der Waals surface area (Å²) in [4.78, 5) is 35.9. The molecule has 2 aromatic rings. The average Bonchev–Trinajstić information content (AvgIpc) is 3.08. The Labute approximate surface area is 143 Å². The van der Waals surface area contributed by atoms with E-state index >= 15 is 0 Å². The third kappa shape index (κ3) is 4.88. The number of amides is 2. The lowest BCUT2D eigenvalue weighted by Crippen LogP contribution is -2.40. The first kappa shape index (κ1) is 18.1. The van der Waals surface area contributed by atoms with Gasteiger partial charge in [0, 0.05) is 24.4 Å². The van der Waals surface area contributed by atoms with Gasteiger partial charge in [-0.2, -0.15) is 0 Å². The predicted octanol–water partition coefficient (Wildman–Crippen LogP) is 1.55. The third-order valence-corrected chi connectivity index (χ3v) is 3.47. The molecule has 0 aliphatic rings. The van der Waals surface area contributed by atoms with Gasteiger partial charge in [-0.25, -0.2) is 0 Å². The van der Waals surface area contributed by atoms with Crippen LogP contribution >= 0.6 is 0 Å². The van der Waals surface area contributed by atoms with Crippen molar-refractivity contribution >= 4 is 23.2 Å². The molecule has 2 amide bonds. The zero-order valence-corrected chi connectivity index (χ0v) is 13.8. The molecule has 9 nitrogen and oxygen atoms in total. The van der Waals surface area contributed by atoms with Gasteiger partial charge < -0.3 is 15.1 Å². The Morgan fingerprint density at radius 1 is 1.24 bits per heavy atom. The minimum atomic E-state index is -0.905. The lowest BCUT2D eigenvalue weighted by Gasteiger charge is -2.22. The predicted molar refractivity (Wildman–Crippen MR) is 89.9 cm³/mol. The fourth-order valence-corrected chi connectivity index (χ4v) is 2.17. The van der Waals surface area contributed by atoms with E-state index in [1.54, 1.807) is 12.1 Å². The normalized spacial score (nSPS) is 11.8. The number of anilines is 1. The standard InChI is InChI=1S/C16H18N4O5/c1-19(2)13(14-7-4-8-25-14)10-17-15(21)16(22)18-11-5-3-6-12(9-11)20(23)24/h3-9,13H,10H2,1-2H3,(H,17,21)(H,18,22)/t13-/m0/s1. The molecule has 0 bridgehead atoms. The summed E-state index contributed by atoms with van der Waals surface area (Å²) in [5.74, 6) is -1.09. The van der Waals surface area contributed by atoms with E-state index in [9.17, 15) is 19.7 Å². The molecule has 0 aliphatic carbocycles. The smallest absolute Gasteiger partial charge is 0.313 e. The van der Waals surface area contributed by atoms with E-state index in [2.05, 4.69) is 10.6 Å². The SMILES string of the molecule is CN(C)[C@@H](CNC(=O)C(=O)Nc1cccc([N+](=O)[O-])c1)c1ccco1. The topological polar surface area (TPSA) is 118 Å². The van der Waals surface area contributed by atoms with Gasteiger partial charge in [-0.15, -0.1) is 0 Å². The number of nitrogens with zero attached hydrogens (tertiary/aromatic N) is 2. The molecule has 2 N–H and O–H groups in total. The largest absolute Gasteiger partial charge is 0.468 e. The van der Waals surface area contributed by atoms with Gasteiger partial charge >= 0.3 is 11.8 Å². The molecule has 0 saturated heterocycles. The molecule has 1 aromatic carbocycles. The molecule has 0 aliphatic heterocycles. The van der Waals surface area contributed by atoms with Gasteiger partial charge in [0.2, 0.25) is 0 Å². The summed E-state index contributed by atoms with van der Waals surface area (Å²) in [6.45, 7) is 0.168. The molecule has 132 valence electrons. The number of furan rings is 1. The maximum Gasteiger partial charge on any atom is 0.313 e. The van der Waals surface area contributed by atoms with Crippen LogP contribution in [0, 0.1) is 10.1 Å². The Morgan fingerprint density at radius 3 is 2.60 bits per heavy atom. The second kappa shape index (κ2) is 8.06. The van der Waals surface area contributed by atoms with Gasteiger partial charge in [0.05, 0.1) is 17.2 Å². The van der Waals surface area contributed by atoms with Crippen molar-refractivity contribution in [2.24, 2.45) is 0 Å². The molecular weight excluding hydrogens is 328 g/mol. The van der Waals surface area contributed by atoms with Crippen molar-refractivity contribution in [1.29, 1.82) is 0 Å². The van der Waals surface area contributed by atoms with Crippen LogP contribution < -0.4 is 10.6 Å². The average molecular weight is 346 g/mol. The number of hydrogen-bond acceptors (Lipinski definition) is 6. The molecule has 0 fully saturated rings. The highest BCUT2D eigenvalue weighted by atomic mass is 16.6. The Kier molecular flexibility index (Phi) is 5.85. The highest BCUT2D eigenvalue weighted by Gasteiger charge is 2.21. The first-order valence-corrected chi connectivity index (χ1v) is 7.42. The third-order valence-electron chi connectivity index (χ3n) is 3.47. The second-order valence-corrected chi connectivity index (χ2v) is 5.47. The molecular formula is C16H18N4O5. The summed E-state index contributed by atoms with van der Waals surface area (Å²) in [7, 11) is 3.64. The highest BCUT2D eigenvalue weighted by molar-refractivity contribution is 6.39. The molecule has 0 spiro atoms. The monoisotopic (exact) mass is 346 g/mol. The first-order chi connectivity index (χ1) is 11.9. The number of hydrogen-bond donors (Lipinski definition) is 2. The van der Waals surface area contributed by atoms with Gasteiger partial charge in [-0.05, 0) is 32.3 Å². The summed E-state index contributed by atoms with van der Waals surface area (Å²) in [6.07, 6.45) is 1.53. The number of carbonyl (C=O) groups is 2. The van der Waals surface area contributed by atoms with Crippen LogP contribution in [0.1, 0.15) is 11.8 Å². The number of nitrogens with one attached hydrogen (secondary N) is 2. The van der Waals surface area contributed by atoms with Crippen LogP contribution in [0.2, 0.25) is 0 Å². The first-order valence-electron chi connectivity index (χ1n) is 7.42. The van der Waals surface area contributed by atoms with Crippen molar-refractivity contribution in [3.8, 4) is 0 Å². The van der Waals surface area contributed by atoms with E-state index in [-0.39, 0.29) is 24.0 Å². The number of likely N-dealkylation sites (N-methyl/N-ethyl adjacent to an activating group) is 1. The molecule has 0 saturated carbocycles. The van der Waals surface area contributed by atoms with E-state index in [0.29, 0.717) is 5.76 Å². The van der Waals surface area contributed by atoms with E-state index in [1.807, 2.05) is 19.0 Å². The van der Waals surface area contributed by atoms with Crippen LogP contribution in [0.5, 0.6) is 0 Å². The van der Waals surface area contributed by atoms with Gasteiger partial charge in [-0.1, -0.05) is 6.07 Å². The van der Waals surface area contributed by atoms with Crippen LogP contribution in [-0.2, 0) is 9.59 Å². The van der Waals surface area contributed by atoms with Gasteiger partial charge in [0.1, 0.15) is 5.76 Å². The van der Waals surface area contributed by atoms with Crippen molar-refractivity contribution in [2.75, 3.05) is 26.0 Å². The molecule has 2 rings (SSSR count). The summed E-state index contributed by atoms with van der Waals surface area (Å²) < 4.78 is 5.32. The van der Waals surface area contributed by atoms with Crippen LogP contribution in [0.25, 0.3) is 0 Å². The Balaban J connectivity index is 1.95. The zero-order chi connectivity index (χ0) is 18.4. The minimum Gasteiger partial charge on any atom is -0.468 e. The van der Waals surface area contributed by atoms with Crippen LogP contribution in [-0.4, -0.2) is 42.3 Å². The highest BCUT2D eigenvalue weighted by Crippen LogP contribution is 2.18. The Morgan fingerprint density at radius 2 is 2.00 bits per heavy atom. The van der Waals surface area contributed by atoms with E-state index in [4.69, 9.17) is 4.42 Å². The molecule has 1 heterocycles. The minimum absolute atomic E-state index is 0.168. The maximum absolute atomic E-state index is 12.0. The van der Waals surface area contributed by atoms with E-state index in [1.165, 1.54) is 30.5 Å². The lowest BCUT2D eigenvalue weighted by molar-refractivity contribution is -0.384. The lowest BCUT2D eigenvalue weighted by atomic mass is 10.2. The second-order valence-electron chi connectivity index (χ2n) is 5.47.